The quantitative estimate of drug-likeness (QED) is 0.821. The van der Waals surface area contributed by atoms with E-state index in [9.17, 15) is 0 Å². The predicted octanol–water partition coefficient (Wildman–Crippen LogP) is 3.32. The molecule has 0 atom stereocenters. The Morgan fingerprint density at radius 1 is 0.895 bits per heavy atom. The number of rotatable bonds is 2. The van der Waals surface area contributed by atoms with Gasteiger partial charge in [0.05, 0.1) is 0 Å². The van der Waals surface area contributed by atoms with Crippen LogP contribution in [-0.2, 0) is 0 Å². The molecule has 0 bridgehead atoms. The van der Waals surface area contributed by atoms with Gasteiger partial charge < -0.3 is 5.32 Å². The van der Waals surface area contributed by atoms with Crippen LogP contribution in [0.2, 0.25) is 0 Å². The number of nitrogens with zero attached hydrogens (tertiary/aromatic N) is 1. The molecule has 2 nitrogen and oxygen atoms in total. The Labute approximate surface area is 118 Å². The van der Waals surface area contributed by atoms with Gasteiger partial charge in [0.1, 0.15) is 0 Å². The standard InChI is InChI=1S/C17H30N2/c1-2-8-16(9-3-1)14-19(12-15-6-7-15)17(13-18-16)10-4-5-11-17/h15,18H,1-14H2. The fraction of sp³-hybridized carbons (Fsp3) is 1.00. The Kier molecular flexibility index (Phi) is 3.15. The molecule has 3 aliphatic carbocycles. The van der Waals surface area contributed by atoms with E-state index in [2.05, 4.69) is 10.2 Å². The molecule has 0 radical (unpaired) electrons. The molecule has 1 saturated heterocycles. The molecule has 0 unspecified atom stereocenters. The van der Waals surface area contributed by atoms with E-state index >= 15 is 0 Å². The van der Waals surface area contributed by atoms with Crippen LogP contribution in [-0.4, -0.2) is 35.6 Å². The third kappa shape index (κ3) is 2.35. The lowest BCUT2D eigenvalue weighted by atomic mass is 9.76. The maximum absolute atomic E-state index is 4.05. The van der Waals surface area contributed by atoms with E-state index in [1.165, 1.54) is 90.3 Å². The summed E-state index contributed by atoms with van der Waals surface area (Å²) in [7, 11) is 0. The van der Waals surface area contributed by atoms with Crippen LogP contribution in [0.5, 0.6) is 0 Å². The van der Waals surface area contributed by atoms with Crippen molar-refractivity contribution in [3.8, 4) is 0 Å². The zero-order chi connectivity index (χ0) is 12.8. The van der Waals surface area contributed by atoms with Crippen molar-refractivity contribution in [2.45, 2.75) is 81.7 Å². The molecular weight excluding hydrogens is 232 g/mol. The van der Waals surface area contributed by atoms with E-state index in [0.717, 1.165) is 5.92 Å². The van der Waals surface area contributed by atoms with Gasteiger partial charge in [0.25, 0.3) is 0 Å². The first-order valence-electron chi connectivity index (χ1n) is 8.81. The molecule has 0 aromatic heterocycles. The van der Waals surface area contributed by atoms with Gasteiger partial charge in [-0.1, -0.05) is 32.1 Å². The van der Waals surface area contributed by atoms with E-state index in [4.69, 9.17) is 0 Å². The molecule has 19 heavy (non-hydrogen) atoms. The van der Waals surface area contributed by atoms with Crippen molar-refractivity contribution < 1.29 is 0 Å². The van der Waals surface area contributed by atoms with E-state index < -0.39 is 0 Å². The minimum Gasteiger partial charge on any atom is -0.308 e. The molecule has 108 valence electrons. The molecule has 4 fully saturated rings. The molecular formula is C17H30N2. The second kappa shape index (κ2) is 4.73. The van der Waals surface area contributed by atoms with Crippen LogP contribution < -0.4 is 5.32 Å². The smallest absolute Gasteiger partial charge is 0.0335 e. The normalized spacial score (nSPS) is 34.1. The van der Waals surface area contributed by atoms with Gasteiger partial charge >= 0.3 is 0 Å². The number of hydrogen-bond acceptors (Lipinski definition) is 2. The van der Waals surface area contributed by atoms with Crippen molar-refractivity contribution >= 4 is 0 Å². The molecule has 0 aromatic carbocycles. The molecule has 4 rings (SSSR count). The highest BCUT2D eigenvalue weighted by Crippen LogP contribution is 2.44. The molecule has 1 aliphatic heterocycles. The maximum atomic E-state index is 4.05. The van der Waals surface area contributed by atoms with Crippen LogP contribution >= 0.6 is 0 Å². The average Bonchev–Trinajstić information content (AvgIpc) is 3.13. The Balaban J connectivity index is 1.52. The Hall–Kier alpha value is -0.0800. The second-order valence-corrected chi connectivity index (χ2v) is 7.95. The van der Waals surface area contributed by atoms with Crippen molar-refractivity contribution in [2.75, 3.05) is 19.6 Å². The van der Waals surface area contributed by atoms with Crippen LogP contribution in [0.25, 0.3) is 0 Å². The van der Waals surface area contributed by atoms with Crippen LogP contribution in [0, 0.1) is 5.92 Å². The minimum absolute atomic E-state index is 0.501. The zero-order valence-corrected chi connectivity index (χ0v) is 12.4. The molecule has 2 heteroatoms. The summed E-state index contributed by atoms with van der Waals surface area (Å²) in [6.07, 6.45) is 16.1. The summed E-state index contributed by atoms with van der Waals surface area (Å²) in [6.45, 7) is 4.08. The third-order valence-corrected chi connectivity index (χ3v) is 6.48. The fourth-order valence-electron chi connectivity index (χ4n) is 5.01. The molecule has 1 N–H and O–H groups in total. The van der Waals surface area contributed by atoms with Crippen molar-refractivity contribution in [3.63, 3.8) is 0 Å². The van der Waals surface area contributed by atoms with Gasteiger partial charge in [-0.2, -0.15) is 0 Å². The van der Waals surface area contributed by atoms with Crippen LogP contribution in [0.15, 0.2) is 0 Å². The molecule has 3 saturated carbocycles. The predicted molar refractivity (Wildman–Crippen MR) is 79.3 cm³/mol. The molecule has 2 spiro atoms. The average molecular weight is 262 g/mol. The molecule has 0 amide bonds. The van der Waals surface area contributed by atoms with Gasteiger partial charge in [-0.25, -0.2) is 0 Å². The number of piperazine rings is 1. The van der Waals surface area contributed by atoms with Crippen molar-refractivity contribution in [2.24, 2.45) is 5.92 Å². The second-order valence-electron chi connectivity index (χ2n) is 7.95. The molecule has 4 aliphatic rings. The van der Waals surface area contributed by atoms with Gasteiger partial charge in [0.15, 0.2) is 0 Å². The van der Waals surface area contributed by atoms with Crippen molar-refractivity contribution in [3.05, 3.63) is 0 Å². The lowest BCUT2D eigenvalue weighted by molar-refractivity contribution is -0.00886. The summed E-state index contributed by atoms with van der Waals surface area (Å²) < 4.78 is 0. The van der Waals surface area contributed by atoms with E-state index in [1.54, 1.807) is 0 Å². The highest BCUT2D eigenvalue weighted by atomic mass is 15.3. The summed E-state index contributed by atoms with van der Waals surface area (Å²) >= 11 is 0. The largest absolute Gasteiger partial charge is 0.308 e. The Bertz CT molecular complexity index is 322. The lowest BCUT2D eigenvalue weighted by Crippen LogP contribution is -2.69. The van der Waals surface area contributed by atoms with Gasteiger partial charge in [0.2, 0.25) is 0 Å². The van der Waals surface area contributed by atoms with E-state index in [1.807, 2.05) is 0 Å². The Morgan fingerprint density at radius 3 is 2.26 bits per heavy atom. The minimum atomic E-state index is 0.501. The first kappa shape index (κ1) is 12.6. The summed E-state index contributed by atoms with van der Waals surface area (Å²) in [4.78, 5) is 2.97. The first-order chi connectivity index (χ1) is 9.30. The van der Waals surface area contributed by atoms with Crippen molar-refractivity contribution in [1.82, 2.24) is 10.2 Å². The number of hydrogen-bond donors (Lipinski definition) is 1. The number of nitrogens with one attached hydrogen (secondary N) is 1. The lowest BCUT2D eigenvalue weighted by Gasteiger charge is -2.55. The Morgan fingerprint density at radius 2 is 1.58 bits per heavy atom. The summed E-state index contributed by atoms with van der Waals surface area (Å²) in [5.74, 6) is 1.05. The molecule has 0 aromatic rings. The maximum Gasteiger partial charge on any atom is 0.0335 e. The van der Waals surface area contributed by atoms with Crippen LogP contribution in [0.3, 0.4) is 0 Å². The fourth-order valence-corrected chi connectivity index (χ4v) is 5.01. The highest BCUT2D eigenvalue weighted by Gasteiger charge is 2.49. The summed E-state index contributed by atoms with van der Waals surface area (Å²) in [5, 5.41) is 4.05. The third-order valence-electron chi connectivity index (χ3n) is 6.48. The van der Waals surface area contributed by atoms with Crippen molar-refractivity contribution in [1.29, 1.82) is 0 Å². The topological polar surface area (TPSA) is 15.3 Å². The van der Waals surface area contributed by atoms with Crippen LogP contribution in [0.1, 0.15) is 70.6 Å². The monoisotopic (exact) mass is 262 g/mol. The van der Waals surface area contributed by atoms with Gasteiger partial charge in [-0.3, -0.25) is 4.90 Å². The van der Waals surface area contributed by atoms with E-state index in [-0.39, 0.29) is 0 Å². The van der Waals surface area contributed by atoms with Gasteiger partial charge in [-0.15, -0.1) is 0 Å². The van der Waals surface area contributed by atoms with Gasteiger partial charge in [-0.05, 0) is 44.4 Å². The van der Waals surface area contributed by atoms with Gasteiger partial charge in [0, 0.05) is 30.7 Å². The zero-order valence-electron chi connectivity index (χ0n) is 12.4. The first-order valence-corrected chi connectivity index (χ1v) is 8.81. The summed E-state index contributed by atoms with van der Waals surface area (Å²) in [6, 6.07) is 0. The SMILES string of the molecule is C1CCC2(CC1)CN(CC1CC1)C1(CCCC1)CN2. The summed E-state index contributed by atoms with van der Waals surface area (Å²) in [5.41, 5.74) is 1.06. The molecule has 1 heterocycles. The van der Waals surface area contributed by atoms with E-state index in [0.29, 0.717) is 11.1 Å². The highest BCUT2D eigenvalue weighted by molar-refractivity contribution is 5.08. The van der Waals surface area contributed by atoms with Crippen LogP contribution in [0.4, 0.5) is 0 Å².